The van der Waals surface area contributed by atoms with Crippen LogP contribution in [0.1, 0.15) is 56.1 Å². The van der Waals surface area contributed by atoms with Crippen molar-refractivity contribution in [1.82, 2.24) is 4.90 Å². The molecule has 1 atom stereocenters. The Morgan fingerprint density at radius 2 is 1.86 bits per heavy atom. The van der Waals surface area contributed by atoms with Crippen LogP contribution < -0.4 is 5.73 Å². The molecule has 1 saturated carbocycles. The number of likely N-dealkylation sites (tertiary alicyclic amines) is 1. The van der Waals surface area contributed by atoms with Crippen LogP contribution in [0.3, 0.4) is 0 Å². The number of nitrogens with zero attached hydrogens (tertiary/aromatic N) is 1. The SMILES string of the molecule is Cc1cccc(CN2CCC(CC(N)C3CCCC3)CC2)c1. The second-order valence-corrected chi connectivity index (χ2v) is 7.65. The summed E-state index contributed by atoms with van der Waals surface area (Å²) in [5.41, 5.74) is 9.30. The number of piperidine rings is 1. The first-order chi connectivity index (χ1) is 10.7. The fraction of sp³-hybridized carbons (Fsp3) is 0.700. The van der Waals surface area contributed by atoms with Crippen molar-refractivity contribution in [2.75, 3.05) is 13.1 Å². The molecule has 1 heterocycles. The second-order valence-electron chi connectivity index (χ2n) is 7.65. The van der Waals surface area contributed by atoms with Crippen molar-refractivity contribution >= 4 is 0 Å². The molecule has 0 amide bonds. The number of nitrogens with two attached hydrogens (primary N) is 1. The molecule has 1 aliphatic heterocycles. The topological polar surface area (TPSA) is 29.3 Å². The smallest absolute Gasteiger partial charge is 0.0233 e. The van der Waals surface area contributed by atoms with E-state index in [9.17, 15) is 0 Å². The highest BCUT2D eigenvalue weighted by molar-refractivity contribution is 5.22. The fourth-order valence-electron chi connectivity index (χ4n) is 4.41. The molecule has 0 aromatic heterocycles. The lowest BCUT2D eigenvalue weighted by Crippen LogP contribution is -2.37. The van der Waals surface area contributed by atoms with Crippen LogP contribution in [-0.4, -0.2) is 24.0 Å². The highest BCUT2D eigenvalue weighted by atomic mass is 15.1. The number of rotatable bonds is 5. The predicted octanol–water partition coefficient (Wildman–Crippen LogP) is 4.11. The van der Waals surface area contributed by atoms with Gasteiger partial charge < -0.3 is 5.73 Å². The van der Waals surface area contributed by atoms with Gasteiger partial charge in [0.15, 0.2) is 0 Å². The third-order valence-corrected chi connectivity index (χ3v) is 5.81. The van der Waals surface area contributed by atoms with Crippen LogP contribution in [0.25, 0.3) is 0 Å². The fourth-order valence-corrected chi connectivity index (χ4v) is 4.41. The molecule has 1 aromatic rings. The van der Waals surface area contributed by atoms with Crippen LogP contribution in [-0.2, 0) is 6.54 Å². The van der Waals surface area contributed by atoms with Gasteiger partial charge in [0.2, 0.25) is 0 Å². The molecule has 2 fully saturated rings. The zero-order valence-electron chi connectivity index (χ0n) is 14.1. The average molecular weight is 300 g/mol. The minimum Gasteiger partial charge on any atom is -0.327 e. The maximum atomic E-state index is 6.47. The van der Waals surface area contributed by atoms with Crippen molar-refractivity contribution in [2.45, 2.75) is 64.5 Å². The van der Waals surface area contributed by atoms with Gasteiger partial charge in [-0.3, -0.25) is 4.90 Å². The molecule has 1 unspecified atom stereocenters. The van der Waals surface area contributed by atoms with E-state index in [1.807, 2.05) is 0 Å². The van der Waals surface area contributed by atoms with E-state index in [1.54, 1.807) is 0 Å². The first-order valence-corrected chi connectivity index (χ1v) is 9.24. The molecular weight excluding hydrogens is 268 g/mol. The van der Waals surface area contributed by atoms with Gasteiger partial charge in [-0.1, -0.05) is 42.7 Å². The molecule has 2 nitrogen and oxygen atoms in total. The van der Waals surface area contributed by atoms with Crippen molar-refractivity contribution in [1.29, 1.82) is 0 Å². The molecule has 22 heavy (non-hydrogen) atoms. The summed E-state index contributed by atoms with van der Waals surface area (Å²) in [5.74, 6) is 1.69. The van der Waals surface area contributed by atoms with E-state index in [-0.39, 0.29) is 0 Å². The summed E-state index contributed by atoms with van der Waals surface area (Å²) in [5, 5.41) is 0. The Morgan fingerprint density at radius 3 is 2.55 bits per heavy atom. The molecule has 2 N–H and O–H groups in total. The highest BCUT2D eigenvalue weighted by Gasteiger charge is 2.26. The van der Waals surface area contributed by atoms with Gasteiger partial charge in [0.25, 0.3) is 0 Å². The quantitative estimate of drug-likeness (QED) is 0.886. The molecule has 122 valence electrons. The van der Waals surface area contributed by atoms with E-state index < -0.39 is 0 Å². The molecule has 2 heteroatoms. The number of aryl methyl sites for hydroxylation is 1. The van der Waals surface area contributed by atoms with Crippen LogP contribution in [0.5, 0.6) is 0 Å². The maximum absolute atomic E-state index is 6.47. The maximum Gasteiger partial charge on any atom is 0.0233 e. The van der Waals surface area contributed by atoms with E-state index in [0.717, 1.165) is 18.4 Å². The first-order valence-electron chi connectivity index (χ1n) is 9.24. The zero-order chi connectivity index (χ0) is 15.4. The van der Waals surface area contributed by atoms with E-state index in [0.29, 0.717) is 6.04 Å². The minimum absolute atomic E-state index is 0.468. The Hall–Kier alpha value is -0.860. The monoisotopic (exact) mass is 300 g/mol. The predicted molar refractivity (Wildman–Crippen MR) is 93.7 cm³/mol. The Morgan fingerprint density at radius 1 is 1.14 bits per heavy atom. The van der Waals surface area contributed by atoms with Gasteiger partial charge >= 0.3 is 0 Å². The Bertz CT molecular complexity index is 457. The van der Waals surface area contributed by atoms with Crippen LogP contribution in [0.2, 0.25) is 0 Å². The Kier molecular flexibility index (Phi) is 5.54. The summed E-state index contributed by atoms with van der Waals surface area (Å²) in [6.07, 6.45) is 9.53. The molecule has 3 rings (SSSR count). The third kappa shape index (κ3) is 4.33. The third-order valence-electron chi connectivity index (χ3n) is 5.81. The van der Waals surface area contributed by atoms with Gasteiger partial charge in [0.1, 0.15) is 0 Å². The van der Waals surface area contributed by atoms with Crippen molar-refractivity contribution in [3.05, 3.63) is 35.4 Å². The van der Waals surface area contributed by atoms with E-state index in [1.165, 1.54) is 69.2 Å². The van der Waals surface area contributed by atoms with E-state index in [4.69, 9.17) is 5.73 Å². The van der Waals surface area contributed by atoms with Crippen LogP contribution in [0.15, 0.2) is 24.3 Å². The Labute approximate surface area is 136 Å². The highest BCUT2D eigenvalue weighted by Crippen LogP contribution is 2.31. The van der Waals surface area contributed by atoms with Crippen molar-refractivity contribution in [3.8, 4) is 0 Å². The van der Waals surface area contributed by atoms with E-state index in [2.05, 4.69) is 36.1 Å². The van der Waals surface area contributed by atoms with Crippen LogP contribution in [0, 0.1) is 18.8 Å². The standard InChI is InChI=1S/C20H32N2/c1-16-5-4-6-18(13-16)15-22-11-9-17(10-12-22)14-20(21)19-7-2-3-8-19/h4-6,13,17,19-20H,2-3,7-12,14-15,21H2,1H3. The van der Waals surface area contributed by atoms with E-state index >= 15 is 0 Å². The van der Waals surface area contributed by atoms with Crippen molar-refractivity contribution < 1.29 is 0 Å². The van der Waals surface area contributed by atoms with Crippen LogP contribution >= 0.6 is 0 Å². The summed E-state index contributed by atoms with van der Waals surface area (Å²) in [6.45, 7) is 5.79. The zero-order valence-corrected chi connectivity index (χ0v) is 14.1. The summed E-state index contributed by atoms with van der Waals surface area (Å²) in [6, 6.07) is 9.41. The lowest BCUT2D eigenvalue weighted by atomic mass is 9.85. The summed E-state index contributed by atoms with van der Waals surface area (Å²) < 4.78 is 0. The number of hydrogen-bond donors (Lipinski definition) is 1. The van der Waals surface area contributed by atoms with Gasteiger partial charge in [0.05, 0.1) is 0 Å². The lowest BCUT2D eigenvalue weighted by molar-refractivity contribution is 0.162. The van der Waals surface area contributed by atoms with Crippen molar-refractivity contribution in [3.63, 3.8) is 0 Å². The van der Waals surface area contributed by atoms with Gasteiger partial charge in [-0.2, -0.15) is 0 Å². The van der Waals surface area contributed by atoms with Gasteiger partial charge in [-0.25, -0.2) is 0 Å². The molecule has 1 aliphatic carbocycles. The average Bonchev–Trinajstić information content (AvgIpc) is 3.04. The minimum atomic E-state index is 0.468. The summed E-state index contributed by atoms with van der Waals surface area (Å²) in [7, 11) is 0. The Balaban J connectivity index is 1.42. The largest absolute Gasteiger partial charge is 0.327 e. The van der Waals surface area contributed by atoms with Crippen LogP contribution in [0.4, 0.5) is 0 Å². The molecule has 0 bridgehead atoms. The second kappa shape index (κ2) is 7.61. The molecule has 1 saturated heterocycles. The molecular formula is C20H32N2. The lowest BCUT2D eigenvalue weighted by Gasteiger charge is -2.34. The molecule has 0 radical (unpaired) electrons. The molecule has 2 aliphatic rings. The van der Waals surface area contributed by atoms with Gasteiger partial charge in [0, 0.05) is 12.6 Å². The van der Waals surface area contributed by atoms with Gasteiger partial charge in [-0.05, 0) is 69.5 Å². The number of hydrogen-bond acceptors (Lipinski definition) is 2. The molecule has 1 aromatic carbocycles. The molecule has 0 spiro atoms. The van der Waals surface area contributed by atoms with Crippen molar-refractivity contribution in [2.24, 2.45) is 17.6 Å². The first kappa shape index (κ1) is 16.0. The number of benzene rings is 1. The summed E-state index contributed by atoms with van der Waals surface area (Å²) >= 11 is 0. The van der Waals surface area contributed by atoms with Gasteiger partial charge in [-0.15, -0.1) is 0 Å². The normalized spacial score (nSPS) is 23.0. The summed E-state index contributed by atoms with van der Waals surface area (Å²) in [4.78, 5) is 2.62.